The van der Waals surface area contributed by atoms with Crippen LogP contribution >= 0.6 is 0 Å². The van der Waals surface area contributed by atoms with Crippen molar-refractivity contribution in [3.05, 3.63) is 58.3 Å². The molecule has 7 nitrogen and oxygen atoms in total. The molecule has 1 aromatic heterocycles. The predicted molar refractivity (Wildman–Crippen MR) is 90.5 cm³/mol. The third-order valence-electron chi connectivity index (χ3n) is 4.14. The van der Waals surface area contributed by atoms with E-state index in [-0.39, 0.29) is 11.6 Å². The summed E-state index contributed by atoms with van der Waals surface area (Å²) in [6.45, 7) is 0. The summed E-state index contributed by atoms with van der Waals surface area (Å²) in [7, 11) is 0. The SMILES string of the molecule is O=C(/C=C/c1ccccc1[N+](=O)[O-])Nc1ccnn1C1CCCC1. The van der Waals surface area contributed by atoms with Crippen molar-refractivity contribution in [3.63, 3.8) is 0 Å². The maximum absolute atomic E-state index is 12.1. The zero-order valence-corrected chi connectivity index (χ0v) is 13.1. The topological polar surface area (TPSA) is 90.1 Å². The van der Waals surface area contributed by atoms with E-state index in [1.807, 2.05) is 4.68 Å². The first kappa shape index (κ1) is 15.9. The Morgan fingerprint density at radius 1 is 1.29 bits per heavy atom. The van der Waals surface area contributed by atoms with Gasteiger partial charge >= 0.3 is 0 Å². The van der Waals surface area contributed by atoms with Crippen molar-refractivity contribution in [1.82, 2.24) is 9.78 Å². The molecule has 0 bridgehead atoms. The monoisotopic (exact) mass is 326 g/mol. The zero-order chi connectivity index (χ0) is 16.9. The van der Waals surface area contributed by atoms with Crippen LogP contribution in [0.5, 0.6) is 0 Å². The van der Waals surface area contributed by atoms with Crippen LogP contribution in [0.15, 0.2) is 42.6 Å². The molecule has 1 amide bonds. The van der Waals surface area contributed by atoms with E-state index in [4.69, 9.17) is 0 Å². The van der Waals surface area contributed by atoms with E-state index >= 15 is 0 Å². The first-order valence-corrected chi connectivity index (χ1v) is 7.91. The van der Waals surface area contributed by atoms with E-state index in [0.717, 1.165) is 12.8 Å². The number of hydrogen-bond donors (Lipinski definition) is 1. The number of nitrogens with one attached hydrogen (secondary N) is 1. The molecule has 24 heavy (non-hydrogen) atoms. The van der Waals surface area contributed by atoms with Crippen LogP contribution in [0.4, 0.5) is 11.5 Å². The molecule has 0 unspecified atom stereocenters. The van der Waals surface area contributed by atoms with Crippen LogP contribution < -0.4 is 5.32 Å². The van der Waals surface area contributed by atoms with Crippen molar-refractivity contribution in [1.29, 1.82) is 0 Å². The normalized spacial score (nSPS) is 15.0. The van der Waals surface area contributed by atoms with Gasteiger partial charge in [-0.1, -0.05) is 25.0 Å². The minimum Gasteiger partial charge on any atom is -0.307 e. The average Bonchev–Trinajstić information content (AvgIpc) is 3.24. The molecule has 1 heterocycles. The summed E-state index contributed by atoms with van der Waals surface area (Å²) in [6.07, 6.45) is 8.90. The molecule has 7 heteroatoms. The molecule has 2 aromatic rings. The Morgan fingerprint density at radius 2 is 2.04 bits per heavy atom. The summed E-state index contributed by atoms with van der Waals surface area (Å²) in [5.41, 5.74) is 0.361. The number of nitro groups is 1. The molecule has 0 saturated heterocycles. The highest BCUT2D eigenvalue weighted by Gasteiger charge is 2.20. The van der Waals surface area contributed by atoms with Crippen molar-refractivity contribution in [2.75, 3.05) is 5.32 Å². The third kappa shape index (κ3) is 3.51. The van der Waals surface area contributed by atoms with Crippen LogP contribution in [0.2, 0.25) is 0 Å². The number of carbonyl (C=O) groups is 1. The number of amides is 1. The molecule has 1 aromatic carbocycles. The van der Waals surface area contributed by atoms with E-state index in [1.165, 1.54) is 31.1 Å². The van der Waals surface area contributed by atoms with Crippen LogP contribution in [-0.4, -0.2) is 20.6 Å². The van der Waals surface area contributed by atoms with Crippen molar-refractivity contribution < 1.29 is 9.72 Å². The van der Waals surface area contributed by atoms with Gasteiger partial charge in [0.1, 0.15) is 5.82 Å². The first-order chi connectivity index (χ1) is 11.6. The maximum atomic E-state index is 12.1. The van der Waals surface area contributed by atoms with Crippen molar-refractivity contribution in [2.45, 2.75) is 31.7 Å². The lowest BCUT2D eigenvalue weighted by molar-refractivity contribution is -0.385. The lowest BCUT2D eigenvalue weighted by Crippen LogP contribution is -2.15. The molecule has 1 N–H and O–H groups in total. The summed E-state index contributed by atoms with van der Waals surface area (Å²) >= 11 is 0. The molecular formula is C17H18N4O3. The van der Waals surface area contributed by atoms with E-state index in [9.17, 15) is 14.9 Å². The van der Waals surface area contributed by atoms with Crippen molar-refractivity contribution in [3.8, 4) is 0 Å². The second kappa shape index (κ2) is 7.08. The fraction of sp³-hybridized carbons (Fsp3) is 0.294. The minimum absolute atomic E-state index is 0.0300. The van der Waals surface area contributed by atoms with Gasteiger partial charge in [-0.3, -0.25) is 14.9 Å². The Kier molecular flexibility index (Phi) is 4.69. The van der Waals surface area contributed by atoms with Gasteiger partial charge in [-0.05, 0) is 25.0 Å². The van der Waals surface area contributed by atoms with Crippen LogP contribution in [0.3, 0.4) is 0 Å². The zero-order valence-electron chi connectivity index (χ0n) is 13.1. The lowest BCUT2D eigenvalue weighted by Gasteiger charge is -2.13. The van der Waals surface area contributed by atoms with Crippen molar-refractivity contribution >= 4 is 23.5 Å². The van der Waals surface area contributed by atoms with Gasteiger partial charge in [0.2, 0.25) is 5.91 Å². The summed E-state index contributed by atoms with van der Waals surface area (Å²) in [6, 6.07) is 8.39. The molecule has 0 aliphatic heterocycles. The molecular weight excluding hydrogens is 308 g/mol. The van der Waals surface area contributed by atoms with Gasteiger partial charge in [-0.15, -0.1) is 0 Å². The second-order valence-electron chi connectivity index (χ2n) is 5.74. The predicted octanol–water partition coefficient (Wildman–Crippen LogP) is 3.56. The van der Waals surface area contributed by atoms with E-state index in [0.29, 0.717) is 17.4 Å². The minimum atomic E-state index is -0.466. The van der Waals surface area contributed by atoms with Crippen LogP contribution in [0.1, 0.15) is 37.3 Å². The number of hydrogen-bond acceptors (Lipinski definition) is 4. The summed E-state index contributed by atoms with van der Waals surface area (Å²) in [5.74, 6) is 0.312. The molecule has 3 rings (SSSR count). The van der Waals surface area contributed by atoms with E-state index < -0.39 is 4.92 Å². The Bertz CT molecular complexity index is 776. The third-order valence-corrected chi connectivity index (χ3v) is 4.14. The highest BCUT2D eigenvalue weighted by Crippen LogP contribution is 2.31. The van der Waals surface area contributed by atoms with E-state index in [1.54, 1.807) is 30.5 Å². The Balaban J connectivity index is 1.70. The fourth-order valence-corrected chi connectivity index (χ4v) is 2.98. The highest BCUT2D eigenvalue weighted by atomic mass is 16.6. The van der Waals surface area contributed by atoms with Gasteiger partial charge in [0.15, 0.2) is 0 Å². The molecule has 0 spiro atoms. The van der Waals surface area contributed by atoms with Gasteiger partial charge in [0.25, 0.3) is 5.69 Å². The van der Waals surface area contributed by atoms with Crippen LogP contribution in [0, 0.1) is 10.1 Å². The smallest absolute Gasteiger partial charge is 0.276 e. The van der Waals surface area contributed by atoms with Crippen LogP contribution in [0.25, 0.3) is 6.08 Å². The summed E-state index contributed by atoms with van der Waals surface area (Å²) in [4.78, 5) is 22.6. The Morgan fingerprint density at radius 3 is 2.79 bits per heavy atom. The molecule has 1 saturated carbocycles. The quantitative estimate of drug-likeness (QED) is 0.517. The second-order valence-corrected chi connectivity index (χ2v) is 5.74. The number of carbonyl (C=O) groups excluding carboxylic acids is 1. The highest BCUT2D eigenvalue weighted by molar-refractivity contribution is 6.01. The van der Waals surface area contributed by atoms with Crippen molar-refractivity contribution in [2.24, 2.45) is 0 Å². The molecule has 0 atom stereocenters. The maximum Gasteiger partial charge on any atom is 0.276 e. The first-order valence-electron chi connectivity index (χ1n) is 7.91. The van der Waals surface area contributed by atoms with Gasteiger partial charge in [-0.2, -0.15) is 5.10 Å². The number of nitro benzene ring substituents is 1. The largest absolute Gasteiger partial charge is 0.307 e. The van der Waals surface area contributed by atoms with Gasteiger partial charge in [-0.25, -0.2) is 4.68 Å². The standard InChI is InChI=1S/C17H18N4O3/c22-17(10-9-13-5-1-4-8-15(13)21(23)24)19-16-11-12-18-20(16)14-6-2-3-7-14/h1,4-5,8-12,14H,2-3,6-7H2,(H,19,22)/b10-9+. The molecule has 0 radical (unpaired) electrons. The Hall–Kier alpha value is -2.96. The van der Waals surface area contributed by atoms with Gasteiger partial charge < -0.3 is 5.32 Å². The Labute approximate surface area is 139 Å². The van der Waals surface area contributed by atoms with Crippen LogP contribution in [-0.2, 0) is 4.79 Å². The van der Waals surface area contributed by atoms with Gasteiger partial charge in [0.05, 0.1) is 22.7 Å². The number of para-hydroxylation sites is 1. The number of nitrogens with zero attached hydrogens (tertiary/aromatic N) is 3. The molecule has 1 fully saturated rings. The lowest BCUT2D eigenvalue weighted by atomic mass is 10.1. The molecule has 1 aliphatic rings. The summed E-state index contributed by atoms with van der Waals surface area (Å²) < 4.78 is 1.85. The fourth-order valence-electron chi connectivity index (χ4n) is 2.98. The number of anilines is 1. The van der Waals surface area contributed by atoms with Gasteiger partial charge in [0, 0.05) is 18.2 Å². The average molecular weight is 326 g/mol. The number of aromatic nitrogens is 2. The number of benzene rings is 1. The molecule has 1 aliphatic carbocycles. The summed E-state index contributed by atoms with van der Waals surface area (Å²) in [5, 5.41) is 18.1. The van der Waals surface area contributed by atoms with E-state index in [2.05, 4.69) is 10.4 Å². The number of rotatable bonds is 5. The molecule has 124 valence electrons.